The second kappa shape index (κ2) is 6.58. The van der Waals surface area contributed by atoms with Crippen LogP contribution in [0.3, 0.4) is 0 Å². The summed E-state index contributed by atoms with van der Waals surface area (Å²) in [4.78, 5) is 11.2. The second-order valence-electron chi connectivity index (χ2n) is 4.03. The van der Waals surface area contributed by atoms with Crippen LogP contribution in [0.25, 0.3) is 0 Å². The van der Waals surface area contributed by atoms with Gasteiger partial charge >= 0.3 is 0 Å². The van der Waals surface area contributed by atoms with Crippen molar-refractivity contribution in [1.29, 1.82) is 0 Å². The molecule has 0 spiro atoms. The van der Waals surface area contributed by atoms with Crippen molar-refractivity contribution in [3.05, 3.63) is 12.2 Å². The monoisotopic (exact) mass is 212 g/mol. The lowest BCUT2D eigenvalue weighted by Gasteiger charge is -2.06. The molecule has 0 radical (unpaired) electrons. The van der Waals surface area contributed by atoms with Gasteiger partial charge in [0.05, 0.1) is 19.8 Å². The first-order valence-electron chi connectivity index (χ1n) is 5.40. The summed E-state index contributed by atoms with van der Waals surface area (Å²) in [6.07, 6.45) is 2.26. The van der Waals surface area contributed by atoms with E-state index in [9.17, 15) is 4.79 Å². The second-order valence-corrected chi connectivity index (χ2v) is 4.03. The van der Waals surface area contributed by atoms with Crippen LogP contribution in [0, 0.1) is 0 Å². The molecule has 2 N–H and O–H groups in total. The molecule has 4 nitrogen and oxygen atoms in total. The summed E-state index contributed by atoms with van der Waals surface area (Å²) in [7, 11) is 0. The standard InChI is InChI=1S/C11H20N2O2/c1-9(2)8-15-6-5-12-7-11(14)13-10-3-4-10/h10,12H,1,3-8H2,2H3,(H,13,14). The number of rotatable bonds is 8. The molecule has 0 bridgehead atoms. The summed E-state index contributed by atoms with van der Waals surface area (Å²) in [6.45, 7) is 7.95. The maximum absolute atomic E-state index is 11.2. The molecule has 0 aromatic heterocycles. The Balaban J connectivity index is 1.83. The molecule has 1 saturated carbocycles. The van der Waals surface area contributed by atoms with E-state index in [1.54, 1.807) is 0 Å². The first-order chi connectivity index (χ1) is 7.18. The Kier molecular flexibility index (Phi) is 5.36. The largest absolute Gasteiger partial charge is 0.376 e. The molecule has 1 amide bonds. The molecule has 1 fully saturated rings. The lowest BCUT2D eigenvalue weighted by atomic mass is 10.4. The van der Waals surface area contributed by atoms with Crippen molar-refractivity contribution in [1.82, 2.24) is 10.6 Å². The maximum Gasteiger partial charge on any atom is 0.234 e. The Morgan fingerprint density at radius 2 is 2.27 bits per heavy atom. The third-order valence-electron chi connectivity index (χ3n) is 2.00. The molecule has 0 aromatic carbocycles. The molecule has 0 atom stereocenters. The summed E-state index contributed by atoms with van der Waals surface area (Å²) >= 11 is 0. The van der Waals surface area contributed by atoms with Crippen LogP contribution < -0.4 is 10.6 Å². The molecule has 0 heterocycles. The maximum atomic E-state index is 11.2. The predicted molar refractivity (Wildman–Crippen MR) is 59.7 cm³/mol. The zero-order valence-corrected chi connectivity index (χ0v) is 9.34. The molecular formula is C11H20N2O2. The Bertz CT molecular complexity index is 225. The summed E-state index contributed by atoms with van der Waals surface area (Å²) < 4.78 is 5.28. The lowest BCUT2D eigenvalue weighted by Crippen LogP contribution is -2.36. The van der Waals surface area contributed by atoms with E-state index in [-0.39, 0.29) is 5.91 Å². The van der Waals surface area contributed by atoms with Crippen LogP contribution >= 0.6 is 0 Å². The summed E-state index contributed by atoms with van der Waals surface area (Å²) in [5.41, 5.74) is 1.02. The van der Waals surface area contributed by atoms with Crippen molar-refractivity contribution in [3.8, 4) is 0 Å². The quantitative estimate of drug-likeness (QED) is 0.453. The number of amides is 1. The van der Waals surface area contributed by atoms with E-state index >= 15 is 0 Å². The van der Waals surface area contributed by atoms with E-state index in [4.69, 9.17) is 4.74 Å². The highest BCUT2D eigenvalue weighted by Crippen LogP contribution is 2.17. The Labute approximate surface area is 91.1 Å². The van der Waals surface area contributed by atoms with Gasteiger partial charge in [-0.25, -0.2) is 0 Å². The third-order valence-corrected chi connectivity index (χ3v) is 2.00. The minimum atomic E-state index is 0.0809. The van der Waals surface area contributed by atoms with Crippen LogP contribution in [-0.4, -0.2) is 38.3 Å². The van der Waals surface area contributed by atoms with Gasteiger partial charge in [0.15, 0.2) is 0 Å². The molecule has 15 heavy (non-hydrogen) atoms. The van der Waals surface area contributed by atoms with Crippen LogP contribution in [0.4, 0.5) is 0 Å². The van der Waals surface area contributed by atoms with E-state index in [0.29, 0.717) is 32.3 Å². The van der Waals surface area contributed by atoms with Gasteiger partial charge in [0, 0.05) is 12.6 Å². The molecule has 86 valence electrons. The highest BCUT2D eigenvalue weighted by atomic mass is 16.5. The normalized spacial score (nSPS) is 15.0. The zero-order chi connectivity index (χ0) is 11.1. The number of carbonyl (C=O) groups excluding carboxylic acids is 1. The fourth-order valence-electron chi connectivity index (χ4n) is 1.10. The Hall–Kier alpha value is -0.870. The summed E-state index contributed by atoms with van der Waals surface area (Å²) in [5.74, 6) is 0.0809. The summed E-state index contributed by atoms with van der Waals surface area (Å²) in [6, 6.07) is 0.443. The number of ether oxygens (including phenoxy) is 1. The molecule has 0 saturated heterocycles. The van der Waals surface area contributed by atoms with E-state index in [0.717, 1.165) is 18.4 Å². The molecule has 0 aliphatic heterocycles. The zero-order valence-electron chi connectivity index (χ0n) is 9.34. The SMILES string of the molecule is C=C(C)COCCNCC(=O)NC1CC1. The van der Waals surface area contributed by atoms with E-state index in [1.165, 1.54) is 0 Å². The van der Waals surface area contributed by atoms with Gasteiger partial charge in [0.2, 0.25) is 5.91 Å². The average Bonchev–Trinajstić information content (AvgIpc) is 2.94. The van der Waals surface area contributed by atoms with Crippen molar-refractivity contribution < 1.29 is 9.53 Å². The van der Waals surface area contributed by atoms with Gasteiger partial charge in [-0.05, 0) is 19.8 Å². The molecule has 1 rings (SSSR count). The van der Waals surface area contributed by atoms with Gasteiger partial charge in [-0.15, -0.1) is 0 Å². The first-order valence-corrected chi connectivity index (χ1v) is 5.40. The summed E-state index contributed by atoms with van der Waals surface area (Å²) in [5, 5.41) is 5.93. The van der Waals surface area contributed by atoms with E-state index < -0.39 is 0 Å². The van der Waals surface area contributed by atoms with Crippen LogP contribution in [-0.2, 0) is 9.53 Å². The average molecular weight is 212 g/mol. The van der Waals surface area contributed by atoms with Crippen LogP contribution in [0.15, 0.2) is 12.2 Å². The van der Waals surface area contributed by atoms with Gasteiger partial charge in [0.1, 0.15) is 0 Å². The molecule has 1 aliphatic carbocycles. The number of nitrogens with one attached hydrogen (secondary N) is 2. The Morgan fingerprint density at radius 1 is 1.53 bits per heavy atom. The van der Waals surface area contributed by atoms with Gasteiger partial charge in [-0.2, -0.15) is 0 Å². The van der Waals surface area contributed by atoms with Crippen molar-refractivity contribution in [2.24, 2.45) is 0 Å². The van der Waals surface area contributed by atoms with E-state index in [2.05, 4.69) is 17.2 Å². The van der Waals surface area contributed by atoms with Gasteiger partial charge in [0.25, 0.3) is 0 Å². The molecule has 1 aliphatic rings. The minimum Gasteiger partial charge on any atom is -0.376 e. The third kappa shape index (κ3) is 7.11. The van der Waals surface area contributed by atoms with Crippen molar-refractivity contribution in [2.45, 2.75) is 25.8 Å². The highest BCUT2D eigenvalue weighted by molar-refractivity contribution is 5.78. The topological polar surface area (TPSA) is 50.4 Å². The van der Waals surface area contributed by atoms with Crippen molar-refractivity contribution in [3.63, 3.8) is 0 Å². The number of hydrogen-bond acceptors (Lipinski definition) is 3. The van der Waals surface area contributed by atoms with Gasteiger partial charge < -0.3 is 15.4 Å². The lowest BCUT2D eigenvalue weighted by molar-refractivity contribution is -0.120. The van der Waals surface area contributed by atoms with Crippen molar-refractivity contribution >= 4 is 5.91 Å². The van der Waals surface area contributed by atoms with E-state index in [1.807, 2.05) is 6.92 Å². The Morgan fingerprint density at radius 3 is 2.87 bits per heavy atom. The fourth-order valence-corrected chi connectivity index (χ4v) is 1.10. The van der Waals surface area contributed by atoms with Gasteiger partial charge in [-0.3, -0.25) is 4.79 Å². The van der Waals surface area contributed by atoms with Crippen LogP contribution in [0.2, 0.25) is 0 Å². The minimum absolute atomic E-state index is 0.0809. The molecule has 0 aromatic rings. The van der Waals surface area contributed by atoms with Crippen LogP contribution in [0.1, 0.15) is 19.8 Å². The fraction of sp³-hybridized carbons (Fsp3) is 0.727. The van der Waals surface area contributed by atoms with Gasteiger partial charge in [-0.1, -0.05) is 12.2 Å². The molecular weight excluding hydrogens is 192 g/mol. The molecule has 4 heteroatoms. The highest BCUT2D eigenvalue weighted by Gasteiger charge is 2.22. The molecule has 0 unspecified atom stereocenters. The first kappa shape index (κ1) is 12.2. The van der Waals surface area contributed by atoms with Crippen molar-refractivity contribution in [2.75, 3.05) is 26.3 Å². The van der Waals surface area contributed by atoms with Crippen LogP contribution in [0.5, 0.6) is 0 Å². The number of carbonyl (C=O) groups is 1. The number of hydrogen-bond donors (Lipinski definition) is 2. The predicted octanol–water partition coefficient (Wildman–Crippen LogP) is 0.447. The smallest absolute Gasteiger partial charge is 0.234 e.